The first-order valence-electron chi connectivity index (χ1n) is 9.76. The Labute approximate surface area is 173 Å². The molecular weight excluding hydrogens is 390 g/mol. The Morgan fingerprint density at radius 3 is 2.70 bits per heavy atom. The van der Waals surface area contributed by atoms with Crippen molar-refractivity contribution in [3.8, 4) is 11.5 Å². The van der Waals surface area contributed by atoms with Crippen LogP contribution in [0, 0.1) is 0 Å². The molecule has 2 aliphatic heterocycles. The molecule has 3 heterocycles. The second-order valence-electron chi connectivity index (χ2n) is 7.35. The number of hydrogen-bond acceptors (Lipinski definition) is 6. The van der Waals surface area contributed by atoms with Crippen LogP contribution in [0.4, 0.5) is 4.79 Å². The number of fused-ring (bicyclic) bond motifs is 1. The molecule has 1 fully saturated rings. The van der Waals surface area contributed by atoms with Gasteiger partial charge in [-0.3, -0.25) is 14.5 Å². The molecule has 0 spiro atoms. The summed E-state index contributed by atoms with van der Waals surface area (Å²) in [6.45, 7) is 4.01. The molecule has 4 rings (SSSR count). The van der Waals surface area contributed by atoms with Gasteiger partial charge in [0.15, 0.2) is 23.1 Å². The molecule has 9 nitrogen and oxygen atoms in total. The highest BCUT2D eigenvalue weighted by molar-refractivity contribution is 6.08. The molecule has 1 aromatic heterocycles. The van der Waals surface area contributed by atoms with Gasteiger partial charge < -0.3 is 24.1 Å². The number of carbonyl (C=O) groups is 3. The lowest BCUT2D eigenvalue weighted by atomic mass is 9.99. The van der Waals surface area contributed by atoms with E-state index in [-0.39, 0.29) is 25.1 Å². The number of likely N-dealkylation sites (N-methyl/N-ethyl adjacent to an activating group) is 1. The standard InChI is InChI=1S/C21H23N3O6/c1-3-23(11-14-13-29-15-7-4-5-8-16(15)30-14)18(25)12-24-19(26)21(2,22-20(24)27)17-9-6-10-28-17/h4-10,14H,3,11-13H2,1-2H3,(H,22,27). The first-order valence-corrected chi connectivity index (χ1v) is 9.76. The lowest BCUT2D eigenvalue weighted by Gasteiger charge is -2.31. The highest BCUT2D eigenvalue weighted by Gasteiger charge is 2.51. The fourth-order valence-electron chi connectivity index (χ4n) is 3.61. The Morgan fingerprint density at radius 1 is 1.23 bits per heavy atom. The minimum Gasteiger partial charge on any atom is -0.486 e. The number of benzene rings is 1. The summed E-state index contributed by atoms with van der Waals surface area (Å²) in [7, 11) is 0. The zero-order valence-electron chi connectivity index (χ0n) is 16.8. The van der Waals surface area contributed by atoms with Crippen LogP contribution in [0.1, 0.15) is 19.6 Å². The van der Waals surface area contributed by atoms with Gasteiger partial charge in [0.2, 0.25) is 5.91 Å². The highest BCUT2D eigenvalue weighted by Crippen LogP contribution is 2.31. The predicted octanol–water partition coefficient (Wildman–Crippen LogP) is 1.74. The van der Waals surface area contributed by atoms with Gasteiger partial charge in [-0.1, -0.05) is 12.1 Å². The van der Waals surface area contributed by atoms with E-state index < -0.39 is 17.5 Å². The zero-order valence-corrected chi connectivity index (χ0v) is 16.8. The van der Waals surface area contributed by atoms with Crippen LogP contribution >= 0.6 is 0 Å². The Bertz CT molecular complexity index is 959. The van der Waals surface area contributed by atoms with Gasteiger partial charge in [-0.15, -0.1) is 0 Å². The maximum atomic E-state index is 12.9. The monoisotopic (exact) mass is 413 g/mol. The first kappa shape index (κ1) is 19.8. The third-order valence-corrected chi connectivity index (χ3v) is 5.31. The van der Waals surface area contributed by atoms with E-state index in [1.807, 2.05) is 31.2 Å². The van der Waals surface area contributed by atoms with E-state index in [1.165, 1.54) is 6.26 Å². The minimum absolute atomic E-state index is 0.281. The van der Waals surface area contributed by atoms with E-state index in [2.05, 4.69) is 5.32 Å². The van der Waals surface area contributed by atoms with Crippen molar-refractivity contribution in [1.29, 1.82) is 0 Å². The van der Waals surface area contributed by atoms with E-state index in [9.17, 15) is 14.4 Å². The average molecular weight is 413 g/mol. The van der Waals surface area contributed by atoms with Crippen LogP contribution in [0.3, 0.4) is 0 Å². The first-order chi connectivity index (χ1) is 14.4. The Morgan fingerprint density at radius 2 is 2.00 bits per heavy atom. The fraction of sp³-hybridized carbons (Fsp3) is 0.381. The largest absolute Gasteiger partial charge is 0.486 e. The summed E-state index contributed by atoms with van der Waals surface area (Å²) in [5, 5.41) is 2.62. The number of ether oxygens (including phenoxy) is 2. The second kappa shape index (κ2) is 7.74. The molecule has 1 saturated heterocycles. The molecule has 0 radical (unpaired) electrons. The van der Waals surface area contributed by atoms with Gasteiger partial charge in [0, 0.05) is 6.54 Å². The number of furan rings is 1. The average Bonchev–Trinajstić information content (AvgIpc) is 3.36. The molecule has 2 atom stereocenters. The quantitative estimate of drug-likeness (QED) is 0.724. The smallest absolute Gasteiger partial charge is 0.325 e. The summed E-state index contributed by atoms with van der Waals surface area (Å²) in [5.41, 5.74) is -1.33. The van der Waals surface area contributed by atoms with E-state index >= 15 is 0 Å². The van der Waals surface area contributed by atoms with Crippen molar-refractivity contribution in [2.45, 2.75) is 25.5 Å². The number of urea groups is 1. The number of hydrogen-bond donors (Lipinski definition) is 1. The summed E-state index contributed by atoms with van der Waals surface area (Å²) in [4.78, 5) is 40.6. The van der Waals surface area contributed by atoms with Gasteiger partial charge in [-0.2, -0.15) is 0 Å². The number of amides is 4. The second-order valence-corrected chi connectivity index (χ2v) is 7.35. The Balaban J connectivity index is 1.41. The minimum atomic E-state index is -1.33. The predicted molar refractivity (Wildman–Crippen MR) is 105 cm³/mol. The molecule has 2 aliphatic rings. The van der Waals surface area contributed by atoms with Crippen LogP contribution in [-0.4, -0.2) is 60.0 Å². The maximum absolute atomic E-state index is 12.9. The lowest BCUT2D eigenvalue weighted by Crippen LogP contribution is -2.48. The van der Waals surface area contributed by atoms with Gasteiger partial charge in [0.25, 0.3) is 5.91 Å². The number of imide groups is 1. The van der Waals surface area contributed by atoms with E-state index in [0.29, 0.717) is 30.4 Å². The van der Waals surface area contributed by atoms with Crippen LogP contribution < -0.4 is 14.8 Å². The molecule has 2 unspecified atom stereocenters. The van der Waals surface area contributed by atoms with Crippen molar-refractivity contribution in [1.82, 2.24) is 15.1 Å². The SMILES string of the molecule is CCN(CC1COc2ccccc2O1)C(=O)CN1C(=O)NC(C)(c2ccco2)C1=O. The lowest BCUT2D eigenvalue weighted by molar-refractivity contribution is -0.139. The number of nitrogens with zero attached hydrogens (tertiary/aromatic N) is 2. The summed E-state index contributed by atoms with van der Waals surface area (Å²) in [6, 6.07) is 9.95. The third kappa shape index (κ3) is 3.47. The van der Waals surface area contributed by atoms with Crippen molar-refractivity contribution in [2.75, 3.05) is 26.2 Å². The van der Waals surface area contributed by atoms with Crippen molar-refractivity contribution in [2.24, 2.45) is 0 Å². The van der Waals surface area contributed by atoms with Crippen molar-refractivity contribution >= 4 is 17.8 Å². The number of nitrogens with one attached hydrogen (secondary N) is 1. The summed E-state index contributed by atoms with van der Waals surface area (Å²) in [5.74, 6) is 0.722. The van der Waals surface area contributed by atoms with Gasteiger partial charge in [-0.05, 0) is 38.1 Å². The molecular formula is C21H23N3O6. The normalized spacial score (nSPS) is 22.7. The van der Waals surface area contributed by atoms with E-state index in [0.717, 1.165) is 4.90 Å². The molecule has 2 aromatic rings. The highest BCUT2D eigenvalue weighted by atomic mass is 16.6. The van der Waals surface area contributed by atoms with Crippen LogP contribution in [0.25, 0.3) is 0 Å². The van der Waals surface area contributed by atoms with Crippen LogP contribution in [-0.2, 0) is 15.1 Å². The van der Waals surface area contributed by atoms with Crippen LogP contribution in [0.15, 0.2) is 47.1 Å². The topological polar surface area (TPSA) is 101 Å². The van der Waals surface area contributed by atoms with Crippen LogP contribution in [0.5, 0.6) is 11.5 Å². The summed E-state index contributed by atoms with van der Waals surface area (Å²) in [6.07, 6.45) is 1.08. The maximum Gasteiger partial charge on any atom is 0.325 e. The molecule has 4 amide bonds. The molecule has 0 bridgehead atoms. The molecule has 1 aromatic carbocycles. The molecule has 158 valence electrons. The summed E-state index contributed by atoms with van der Waals surface area (Å²) >= 11 is 0. The molecule has 1 N–H and O–H groups in total. The van der Waals surface area contributed by atoms with E-state index in [1.54, 1.807) is 24.0 Å². The van der Waals surface area contributed by atoms with Crippen molar-refractivity contribution < 1.29 is 28.3 Å². The van der Waals surface area contributed by atoms with Gasteiger partial charge in [0.05, 0.1) is 12.8 Å². The molecule has 0 aliphatic carbocycles. The Kier molecular flexibility index (Phi) is 5.11. The molecule has 30 heavy (non-hydrogen) atoms. The summed E-state index contributed by atoms with van der Waals surface area (Å²) < 4.78 is 16.9. The van der Waals surface area contributed by atoms with E-state index in [4.69, 9.17) is 13.9 Å². The zero-order chi connectivity index (χ0) is 21.3. The van der Waals surface area contributed by atoms with Crippen LogP contribution in [0.2, 0.25) is 0 Å². The van der Waals surface area contributed by atoms with Crippen molar-refractivity contribution in [3.63, 3.8) is 0 Å². The molecule has 0 saturated carbocycles. The third-order valence-electron chi connectivity index (χ3n) is 5.31. The van der Waals surface area contributed by atoms with Gasteiger partial charge in [-0.25, -0.2) is 4.79 Å². The number of carbonyl (C=O) groups excluding carboxylic acids is 3. The van der Waals surface area contributed by atoms with Crippen molar-refractivity contribution in [3.05, 3.63) is 48.4 Å². The number of rotatable bonds is 6. The molecule has 9 heteroatoms. The van der Waals surface area contributed by atoms with Gasteiger partial charge >= 0.3 is 6.03 Å². The number of para-hydroxylation sites is 2. The Hall–Kier alpha value is -3.49. The van der Waals surface area contributed by atoms with Gasteiger partial charge in [0.1, 0.15) is 18.9 Å². The fourth-order valence-corrected chi connectivity index (χ4v) is 3.61.